The maximum Gasteiger partial charge on any atom is 0.280 e. The first-order valence-electron chi connectivity index (χ1n) is 11.2. The standard InChI is InChI=1S/C28H21N5O4S/c1-16-20(13-23-24(18-9-5-3-6-10-18)22(15-30)25(31)38-23)27(36)33(28(37)21(16)14-29)32(17(2)34)26(35)19-11-7-4-8-12-19/h3-13,17,34,37H,1,31H2,2H3/b20-13-. The Morgan fingerprint density at radius 2 is 1.68 bits per heavy atom. The molecule has 2 heterocycles. The number of nitrogens with two attached hydrogens (primary N) is 1. The number of carbonyl (C=O) groups is 1. The molecule has 10 heteroatoms. The highest BCUT2D eigenvalue weighted by molar-refractivity contribution is 7.17. The number of rotatable bonds is 5. The minimum atomic E-state index is -1.57. The van der Waals surface area contributed by atoms with E-state index < -0.39 is 23.6 Å². The third kappa shape index (κ3) is 4.42. The molecule has 1 atom stereocenters. The van der Waals surface area contributed by atoms with Gasteiger partial charge in [-0.15, -0.1) is 11.3 Å². The van der Waals surface area contributed by atoms with Crippen molar-refractivity contribution in [3.05, 3.63) is 103 Å². The van der Waals surface area contributed by atoms with Crippen molar-refractivity contribution in [3.8, 4) is 29.1 Å². The molecule has 1 amide bonds. The van der Waals surface area contributed by atoms with Gasteiger partial charge >= 0.3 is 0 Å². The zero-order chi connectivity index (χ0) is 27.6. The Kier molecular flexibility index (Phi) is 7.13. The number of benzene rings is 2. The van der Waals surface area contributed by atoms with Gasteiger partial charge in [-0.3, -0.25) is 9.59 Å². The molecular weight excluding hydrogens is 502 g/mol. The number of nitriles is 2. The van der Waals surface area contributed by atoms with Crippen LogP contribution in [-0.2, 0) is 0 Å². The number of nitrogen functional groups attached to an aromatic ring is 1. The molecule has 4 N–H and O–H groups in total. The van der Waals surface area contributed by atoms with Crippen molar-refractivity contribution < 1.29 is 15.0 Å². The van der Waals surface area contributed by atoms with Crippen molar-refractivity contribution >= 4 is 34.9 Å². The summed E-state index contributed by atoms with van der Waals surface area (Å²) in [5.41, 5.74) is 6.37. The zero-order valence-corrected chi connectivity index (χ0v) is 20.9. The Labute approximate surface area is 221 Å². The van der Waals surface area contributed by atoms with Gasteiger partial charge in [0.15, 0.2) is 0 Å². The highest BCUT2D eigenvalue weighted by Crippen LogP contribution is 2.38. The molecule has 0 aliphatic carbocycles. The number of aromatic hydroxyl groups is 1. The van der Waals surface area contributed by atoms with E-state index in [9.17, 15) is 30.3 Å². The van der Waals surface area contributed by atoms with Gasteiger partial charge in [0.05, 0.1) is 10.8 Å². The van der Waals surface area contributed by atoms with Gasteiger partial charge in [0.2, 0.25) is 5.88 Å². The summed E-state index contributed by atoms with van der Waals surface area (Å²) >= 11 is 1.06. The molecule has 38 heavy (non-hydrogen) atoms. The quantitative estimate of drug-likeness (QED) is 0.338. The van der Waals surface area contributed by atoms with Crippen LogP contribution in [0.1, 0.15) is 33.3 Å². The Morgan fingerprint density at radius 3 is 2.24 bits per heavy atom. The van der Waals surface area contributed by atoms with Crippen LogP contribution in [0.5, 0.6) is 5.88 Å². The number of carbonyl (C=O) groups excluding carboxylic acids is 1. The molecule has 0 aliphatic heterocycles. The lowest BCUT2D eigenvalue weighted by Crippen LogP contribution is -2.57. The van der Waals surface area contributed by atoms with E-state index in [1.165, 1.54) is 25.1 Å². The lowest BCUT2D eigenvalue weighted by Gasteiger charge is -2.28. The van der Waals surface area contributed by atoms with E-state index in [1.54, 1.807) is 42.5 Å². The third-order valence-electron chi connectivity index (χ3n) is 5.80. The number of aliphatic hydroxyl groups is 1. The van der Waals surface area contributed by atoms with Gasteiger partial charge in [-0.05, 0) is 30.7 Å². The highest BCUT2D eigenvalue weighted by Gasteiger charge is 2.28. The van der Waals surface area contributed by atoms with Gasteiger partial charge < -0.3 is 15.9 Å². The summed E-state index contributed by atoms with van der Waals surface area (Å²) in [6.07, 6.45) is -0.150. The van der Waals surface area contributed by atoms with E-state index >= 15 is 0 Å². The summed E-state index contributed by atoms with van der Waals surface area (Å²) < 4.78 is 0.559. The molecule has 0 bridgehead atoms. The van der Waals surface area contributed by atoms with E-state index in [1.807, 2.05) is 12.1 Å². The van der Waals surface area contributed by atoms with Crippen LogP contribution in [-0.4, -0.2) is 27.0 Å². The predicted octanol–water partition coefficient (Wildman–Crippen LogP) is 1.96. The molecule has 0 saturated carbocycles. The molecule has 0 saturated heterocycles. The monoisotopic (exact) mass is 523 g/mol. The lowest BCUT2D eigenvalue weighted by molar-refractivity contribution is 0.0818. The van der Waals surface area contributed by atoms with Crippen LogP contribution in [0.15, 0.2) is 65.5 Å². The van der Waals surface area contributed by atoms with Gasteiger partial charge in [0.1, 0.15) is 28.9 Å². The number of amides is 1. The van der Waals surface area contributed by atoms with Gasteiger partial charge in [-0.2, -0.15) is 15.2 Å². The number of aliphatic hydroxyl groups excluding tert-OH is 1. The van der Waals surface area contributed by atoms with E-state index in [-0.39, 0.29) is 32.1 Å². The zero-order valence-electron chi connectivity index (χ0n) is 20.1. The minimum absolute atomic E-state index is 0.0894. The highest BCUT2D eigenvalue weighted by atomic mass is 32.1. The normalized spacial score (nSPS) is 11.9. The second-order valence-electron chi connectivity index (χ2n) is 8.17. The molecule has 2 aromatic carbocycles. The van der Waals surface area contributed by atoms with E-state index in [4.69, 9.17) is 5.73 Å². The number of aromatic nitrogens is 1. The molecule has 9 nitrogen and oxygen atoms in total. The maximum atomic E-state index is 13.8. The summed E-state index contributed by atoms with van der Waals surface area (Å²) in [6, 6.07) is 20.8. The molecule has 2 aromatic heterocycles. The van der Waals surface area contributed by atoms with Crippen molar-refractivity contribution in [1.82, 2.24) is 4.68 Å². The second kappa shape index (κ2) is 10.4. The summed E-state index contributed by atoms with van der Waals surface area (Å²) in [7, 11) is 0. The average molecular weight is 524 g/mol. The molecule has 0 radical (unpaired) electrons. The third-order valence-corrected chi connectivity index (χ3v) is 6.76. The molecule has 0 fully saturated rings. The van der Waals surface area contributed by atoms with Crippen LogP contribution in [0.3, 0.4) is 0 Å². The Hall–Kier alpha value is -5.16. The van der Waals surface area contributed by atoms with Gasteiger partial charge in [-0.25, -0.2) is 5.01 Å². The van der Waals surface area contributed by atoms with Gasteiger partial charge in [-0.1, -0.05) is 55.1 Å². The number of nitrogens with zero attached hydrogens (tertiary/aromatic N) is 4. The topological polar surface area (TPSA) is 156 Å². The Morgan fingerprint density at radius 1 is 1.11 bits per heavy atom. The van der Waals surface area contributed by atoms with Crippen molar-refractivity contribution in [1.29, 1.82) is 10.5 Å². The van der Waals surface area contributed by atoms with Gasteiger partial charge in [0.25, 0.3) is 11.5 Å². The number of pyridine rings is 1. The fraction of sp³-hybridized carbons (Fsp3) is 0.0714. The number of hydrogen-bond donors (Lipinski definition) is 3. The minimum Gasteiger partial charge on any atom is -0.492 e. The van der Waals surface area contributed by atoms with Crippen LogP contribution in [0.2, 0.25) is 0 Å². The summed E-state index contributed by atoms with van der Waals surface area (Å²) in [5.74, 6) is -1.64. The molecule has 4 aromatic rings. The first kappa shape index (κ1) is 25.9. The maximum absolute atomic E-state index is 13.8. The SMILES string of the molecule is C=c1c(C#N)c(O)n(N(C(=O)c2ccccc2)C(C)O)c(=O)/c1=C\c1sc(N)c(C#N)c1-c1ccccc1. The fourth-order valence-corrected chi connectivity index (χ4v) is 5.01. The average Bonchev–Trinajstić information content (AvgIpc) is 3.24. The van der Waals surface area contributed by atoms with E-state index in [2.05, 4.69) is 12.6 Å². The summed E-state index contributed by atoms with van der Waals surface area (Å²) in [6.45, 7) is 5.07. The van der Waals surface area contributed by atoms with Crippen molar-refractivity contribution in [2.45, 2.75) is 13.2 Å². The smallest absolute Gasteiger partial charge is 0.280 e. The molecule has 0 spiro atoms. The molecule has 188 valence electrons. The van der Waals surface area contributed by atoms with Crippen LogP contribution >= 0.6 is 11.3 Å². The molecular formula is C28H21N5O4S. The van der Waals surface area contributed by atoms with Crippen LogP contribution in [0, 0.1) is 22.7 Å². The largest absolute Gasteiger partial charge is 0.492 e. The second-order valence-corrected chi connectivity index (χ2v) is 9.25. The molecule has 0 aliphatic rings. The van der Waals surface area contributed by atoms with E-state index in [0.717, 1.165) is 11.3 Å². The lowest BCUT2D eigenvalue weighted by atomic mass is 10.0. The summed E-state index contributed by atoms with van der Waals surface area (Å²) in [5, 5.41) is 41.6. The van der Waals surface area contributed by atoms with Crippen molar-refractivity contribution in [3.63, 3.8) is 0 Å². The van der Waals surface area contributed by atoms with E-state index in [0.29, 0.717) is 25.7 Å². The van der Waals surface area contributed by atoms with Crippen LogP contribution in [0.4, 0.5) is 5.00 Å². The van der Waals surface area contributed by atoms with Crippen molar-refractivity contribution in [2.75, 3.05) is 10.7 Å². The first-order chi connectivity index (χ1) is 18.2. The molecule has 4 rings (SSSR count). The van der Waals surface area contributed by atoms with Crippen LogP contribution in [0.25, 0.3) is 23.8 Å². The Balaban J connectivity index is 2.08. The molecule has 1 unspecified atom stereocenters. The fourth-order valence-electron chi connectivity index (χ4n) is 4.02. The van der Waals surface area contributed by atoms with Gasteiger partial charge in [0, 0.05) is 21.2 Å². The van der Waals surface area contributed by atoms with Crippen molar-refractivity contribution in [2.24, 2.45) is 0 Å². The number of anilines is 1. The summed E-state index contributed by atoms with van der Waals surface area (Å²) in [4.78, 5) is 27.5. The number of thiophene rings is 1. The number of hydrogen-bond acceptors (Lipinski definition) is 8. The van der Waals surface area contributed by atoms with Crippen LogP contribution < -0.4 is 26.7 Å². The first-order valence-corrected chi connectivity index (χ1v) is 12.1. The predicted molar refractivity (Wildman–Crippen MR) is 145 cm³/mol. The Bertz CT molecular complexity index is 1800.